The highest BCUT2D eigenvalue weighted by atomic mass is 32.2. The number of nitrogens with zero attached hydrogens (tertiary/aromatic N) is 2. The zero-order chi connectivity index (χ0) is 17.6. The van der Waals surface area contributed by atoms with E-state index in [2.05, 4.69) is 17.9 Å². The second-order valence-electron chi connectivity index (χ2n) is 6.55. The van der Waals surface area contributed by atoms with Gasteiger partial charge in [-0.15, -0.1) is 0 Å². The molecule has 0 unspecified atom stereocenters. The van der Waals surface area contributed by atoms with Crippen LogP contribution in [-0.4, -0.2) is 37.1 Å². The van der Waals surface area contributed by atoms with Crippen molar-refractivity contribution in [1.29, 1.82) is 0 Å². The monoisotopic (exact) mass is 372 g/mol. The molecule has 6 heteroatoms. The summed E-state index contributed by atoms with van der Waals surface area (Å²) in [5.41, 5.74) is 3.17. The van der Waals surface area contributed by atoms with Crippen molar-refractivity contribution in [3.05, 3.63) is 60.2 Å². The number of thiocarbonyl (C=S) groups is 1. The number of anilines is 2. The van der Waals surface area contributed by atoms with E-state index in [1.165, 1.54) is 5.56 Å². The minimum absolute atomic E-state index is 0.134. The van der Waals surface area contributed by atoms with E-state index in [4.69, 9.17) is 12.2 Å². The van der Waals surface area contributed by atoms with Crippen LogP contribution in [0.25, 0.3) is 0 Å². The Labute approximate surface area is 154 Å². The first kappa shape index (κ1) is 16.5. The van der Waals surface area contributed by atoms with Gasteiger partial charge in [0.1, 0.15) is 0 Å². The molecular formula is C19H20N2O2S2. The van der Waals surface area contributed by atoms with E-state index in [1.807, 2.05) is 53.4 Å². The maximum absolute atomic E-state index is 12.4. The fraction of sp³-hybridized carbons (Fsp3) is 0.316. The van der Waals surface area contributed by atoms with Crippen LogP contribution in [0.4, 0.5) is 11.4 Å². The Balaban J connectivity index is 1.84. The van der Waals surface area contributed by atoms with Crippen LogP contribution in [0.3, 0.4) is 0 Å². The van der Waals surface area contributed by atoms with Crippen LogP contribution in [0.5, 0.6) is 0 Å². The minimum atomic E-state index is -3.07. The predicted molar refractivity (Wildman–Crippen MR) is 106 cm³/mol. The average Bonchev–Trinajstić information content (AvgIpc) is 3.04. The summed E-state index contributed by atoms with van der Waals surface area (Å²) in [6, 6.07) is 17.7. The minimum Gasteiger partial charge on any atom is -0.312 e. The van der Waals surface area contributed by atoms with E-state index in [0.717, 1.165) is 17.8 Å². The lowest BCUT2D eigenvalue weighted by molar-refractivity contribution is 0.601. The summed E-state index contributed by atoms with van der Waals surface area (Å²) in [6.07, 6.45) is 0.880. The molecule has 4 nitrogen and oxygen atoms in total. The van der Waals surface area contributed by atoms with Crippen molar-refractivity contribution in [2.75, 3.05) is 21.3 Å². The van der Waals surface area contributed by atoms with E-state index in [9.17, 15) is 8.42 Å². The molecule has 2 aromatic rings. The van der Waals surface area contributed by atoms with Crippen molar-refractivity contribution in [3.8, 4) is 0 Å². The van der Waals surface area contributed by atoms with Crippen molar-refractivity contribution >= 4 is 38.5 Å². The molecule has 0 bridgehead atoms. The van der Waals surface area contributed by atoms with Gasteiger partial charge in [0.05, 0.1) is 23.6 Å². The first-order valence-corrected chi connectivity index (χ1v) is 10.7. The Morgan fingerprint density at radius 1 is 0.960 bits per heavy atom. The van der Waals surface area contributed by atoms with Crippen molar-refractivity contribution in [2.24, 2.45) is 0 Å². The zero-order valence-corrected chi connectivity index (χ0v) is 15.6. The molecule has 0 radical (unpaired) electrons. The third-order valence-corrected chi connectivity index (χ3v) is 7.13. The third-order valence-electron chi connectivity index (χ3n) is 5.04. The number of fused-ring (bicyclic) bond motifs is 1. The number of rotatable bonds is 3. The molecule has 130 valence electrons. The lowest BCUT2D eigenvalue weighted by Crippen LogP contribution is -2.38. The zero-order valence-electron chi connectivity index (χ0n) is 14.0. The number of hydrogen-bond acceptors (Lipinski definition) is 3. The summed E-state index contributed by atoms with van der Waals surface area (Å²) in [5, 5.41) is 0.692. The average molecular weight is 373 g/mol. The lowest BCUT2D eigenvalue weighted by atomic mass is 10.1. The molecule has 2 atom stereocenters. The summed E-state index contributed by atoms with van der Waals surface area (Å²) < 4.78 is 24.7. The third kappa shape index (κ3) is 2.73. The van der Waals surface area contributed by atoms with E-state index in [0.29, 0.717) is 5.11 Å². The van der Waals surface area contributed by atoms with Gasteiger partial charge >= 0.3 is 0 Å². The van der Waals surface area contributed by atoms with Gasteiger partial charge in [0.25, 0.3) is 0 Å². The predicted octanol–water partition coefficient (Wildman–Crippen LogP) is 3.03. The molecule has 0 aliphatic carbocycles. The van der Waals surface area contributed by atoms with E-state index < -0.39 is 9.84 Å². The second kappa shape index (κ2) is 6.11. The molecule has 2 aromatic carbocycles. The maximum atomic E-state index is 12.4. The van der Waals surface area contributed by atoms with E-state index in [-0.39, 0.29) is 23.6 Å². The van der Waals surface area contributed by atoms with E-state index >= 15 is 0 Å². The molecule has 0 amide bonds. The molecule has 2 saturated heterocycles. The van der Waals surface area contributed by atoms with Crippen LogP contribution in [0.1, 0.15) is 12.5 Å². The van der Waals surface area contributed by atoms with Crippen LogP contribution in [0.2, 0.25) is 0 Å². The van der Waals surface area contributed by atoms with Gasteiger partial charge in [-0.3, -0.25) is 0 Å². The number of aryl methyl sites for hydroxylation is 1. The largest absolute Gasteiger partial charge is 0.312 e. The van der Waals surface area contributed by atoms with Crippen LogP contribution >= 0.6 is 12.2 Å². The molecule has 0 N–H and O–H groups in total. The molecule has 4 rings (SSSR count). The number of hydrogen-bond donors (Lipinski definition) is 0. The number of sulfone groups is 1. The van der Waals surface area contributed by atoms with Gasteiger partial charge < -0.3 is 9.80 Å². The van der Waals surface area contributed by atoms with Crippen molar-refractivity contribution in [3.63, 3.8) is 0 Å². The fourth-order valence-corrected chi connectivity index (χ4v) is 6.31. The van der Waals surface area contributed by atoms with E-state index in [1.54, 1.807) is 0 Å². The van der Waals surface area contributed by atoms with Crippen LogP contribution in [-0.2, 0) is 16.3 Å². The Bertz CT molecular complexity index is 912. The van der Waals surface area contributed by atoms with Crippen molar-refractivity contribution in [2.45, 2.75) is 25.4 Å². The summed E-state index contributed by atoms with van der Waals surface area (Å²) in [7, 11) is -3.07. The van der Waals surface area contributed by atoms with Gasteiger partial charge in [-0.05, 0) is 42.4 Å². The topological polar surface area (TPSA) is 40.6 Å². The van der Waals surface area contributed by atoms with Gasteiger partial charge in [-0.25, -0.2) is 8.42 Å². The maximum Gasteiger partial charge on any atom is 0.181 e. The highest BCUT2D eigenvalue weighted by Gasteiger charge is 2.52. The molecule has 2 aliphatic rings. The summed E-state index contributed by atoms with van der Waals surface area (Å²) >= 11 is 5.82. The smallest absolute Gasteiger partial charge is 0.181 e. The molecule has 0 aromatic heterocycles. The molecular weight excluding hydrogens is 352 g/mol. The highest BCUT2D eigenvalue weighted by molar-refractivity contribution is 7.91. The van der Waals surface area contributed by atoms with Crippen molar-refractivity contribution < 1.29 is 8.42 Å². The Hall–Kier alpha value is -1.92. The first-order chi connectivity index (χ1) is 12.0. The van der Waals surface area contributed by atoms with Gasteiger partial charge in [-0.1, -0.05) is 43.3 Å². The van der Waals surface area contributed by atoms with Gasteiger partial charge in [-0.2, -0.15) is 0 Å². The Morgan fingerprint density at radius 3 is 2.24 bits per heavy atom. The summed E-state index contributed by atoms with van der Waals surface area (Å²) in [4.78, 5) is 4.09. The fourth-order valence-electron chi connectivity index (χ4n) is 3.92. The molecule has 2 aliphatic heterocycles. The molecule has 2 heterocycles. The van der Waals surface area contributed by atoms with Crippen LogP contribution < -0.4 is 9.80 Å². The number of para-hydroxylation sites is 2. The van der Waals surface area contributed by atoms with Crippen molar-refractivity contribution in [1.82, 2.24) is 0 Å². The standard InChI is InChI=1S/C19H20N2O2S2/c1-2-14-8-6-7-11-16(14)21-18-13-25(22,23)12-17(18)20(19(21)24)15-9-4-3-5-10-15/h3-11,17-18H,2,12-13H2,1H3/t17-,18+/m1/s1. The Kier molecular flexibility index (Phi) is 4.04. The number of benzene rings is 2. The summed E-state index contributed by atoms with van der Waals surface area (Å²) in [6.45, 7) is 2.11. The van der Waals surface area contributed by atoms with Gasteiger partial charge in [0.15, 0.2) is 14.9 Å². The van der Waals surface area contributed by atoms with Gasteiger partial charge in [0, 0.05) is 11.4 Å². The second-order valence-corrected chi connectivity index (χ2v) is 9.07. The molecule has 25 heavy (non-hydrogen) atoms. The van der Waals surface area contributed by atoms with Crippen LogP contribution in [0, 0.1) is 0 Å². The molecule has 2 fully saturated rings. The Morgan fingerprint density at radius 2 is 1.56 bits per heavy atom. The SMILES string of the molecule is CCc1ccccc1N1C(=S)N(c2ccccc2)[C@@H]2CS(=O)(=O)C[C@@H]21. The van der Waals surface area contributed by atoms with Crippen LogP contribution in [0.15, 0.2) is 54.6 Å². The van der Waals surface area contributed by atoms with Gasteiger partial charge in [0.2, 0.25) is 0 Å². The normalized spacial score (nSPS) is 24.6. The highest BCUT2D eigenvalue weighted by Crippen LogP contribution is 2.39. The summed E-state index contributed by atoms with van der Waals surface area (Å²) in [5.74, 6) is 0.302. The first-order valence-electron chi connectivity index (χ1n) is 8.47. The molecule has 0 spiro atoms. The quantitative estimate of drug-likeness (QED) is 0.775. The molecule has 0 saturated carbocycles. The lowest BCUT2D eigenvalue weighted by Gasteiger charge is -2.27.